The summed E-state index contributed by atoms with van der Waals surface area (Å²) in [5.41, 5.74) is -0.420. The maximum Gasteiger partial charge on any atom is 0.309 e. The van der Waals surface area contributed by atoms with Crippen molar-refractivity contribution >= 4 is 17.8 Å². The lowest BCUT2D eigenvalue weighted by Gasteiger charge is -2.45. The molecular weight excluding hydrogens is 300 g/mol. The first kappa shape index (κ1) is 15.4. The zero-order valence-electron chi connectivity index (χ0n) is 12.8. The van der Waals surface area contributed by atoms with E-state index in [9.17, 15) is 19.5 Å². The van der Waals surface area contributed by atoms with Gasteiger partial charge in [0.2, 0.25) is 5.91 Å². The van der Waals surface area contributed by atoms with E-state index in [4.69, 9.17) is 0 Å². The summed E-state index contributed by atoms with van der Waals surface area (Å²) in [7, 11) is 1.66. The monoisotopic (exact) mass is 318 g/mol. The largest absolute Gasteiger partial charge is 0.481 e. The minimum atomic E-state index is -0.948. The molecule has 0 aliphatic carbocycles. The van der Waals surface area contributed by atoms with E-state index in [1.54, 1.807) is 29.0 Å². The molecular formula is C15H18N4O4. The van der Waals surface area contributed by atoms with Gasteiger partial charge >= 0.3 is 5.97 Å². The van der Waals surface area contributed by atoms with E-state index in [2.05, 4.69) is 10.2 Å². The van der Waals surface area contributed by atoms with Gasteiger partial charge in [-0.1, -0.05) is 0 Å². The predicted octanol–water partition coefficient (Wildman–Crippen LogP) is 0.0143. The van der Waals surface area contributed by atoms with Crippen LogP contribution < -0.4 is 0 Å². The molecule has 3 rings (SSSR count). The van der Waals surface area contributed by atoms with Crippen molar-refractivity contribution in [2.75, 3.05) is 20.1 Å². The lowest BCUT2D eigenvalue weighted by atomic mass is 9.77. The average Bonchev–Trinajstić information content (AvgIpc) is 2.81. The van der Waals surface area contributed by atoms with Crippen molar-refractivity contribution in [3.63, 3.8) is 0 Å². The number of amides is 2. The summed E-state index contributed by atoms with van der Waals surface area (Å²) in [6.07, 6.45) is 2.44. The van der Waals surface area contributed by atoms with Gasteiger partial charge in [0.1, 0.15) is 0 Å². The Balaban J connectivity index is 1.76. The van der Waals surface area contributed by atoms with Gasteiger partial charge in [0, 0.05) is 32.8 Å². The quantitative estimate of drug-likeness (QED) is 0.824. The van der Waals surface area contributed by atoms with Crippen molar-refractivity contribution in [2.24, 2.45) is 5.92 Å². The van der Waals surface area contributed by atoms with Crippen LogP contribution in [-0.4, -0.2) is 68.6 Å². The van der Waals surface area contributed by atoms with Crippen LogP contribution in [0.4, 0.5) is 0 Å². The molecule has 0 bridgehead atoms. The highest BCUT2D eigenvalue weighted by molar-refractivity contribution is 5.92. The normalized spacial score (nSPS) is 23.3. The molecule has 2 aliphatic rings. The van der Waals surface area contributed by atoms with E-state index in [1.807, 2.05) is 0 Å². The minimum Gasteiger partial charge on any atom is -0.481 e. The van der Waals surface area contributed by atoms with E-state index < -0.39 is 17.4 Å². The third kappa shape index (κ3) is 2.43. The zero-order chi connectivity index (χ0) is 16.6. The fourth-order valence-electron chi connectivity index (χ4n) is 3.66. The molecule has 2 fully saturated rings. The maximum absolute atomic E-state index is 12.4. The van der Waals surface area contributed by atoms with Crippen molar-refractivity contribution in [3.05, 3.63) is 24.0 Å². The van der Waals surface area contributed by atoms with E-state index >= 15 is 0 Å². The molecule has 1 aromatic heterocycles. The third-order valence-corrected chi connectivity index (χ3v) is 5.08. The molecule has 0 radical (unpaired) electrons. The Hall–Kier alpha value is -2.51. The van der Waals surface area contributed by atoms with Crippen LogP contribution >= 0.6 is 0 Å². The molecule has 1 atom stereocenters. The van der Waals surface area contributed by atoms with E-state index in [0.717, 1.165) is 0 Å². The van der Waals surface area contributed by atoms with Gasteiger partial charge in [0.25, 0.3) is 5.91 Å². The molecule has 1 aromatic rings. The average molecular weight is 318 g/mol. The van der Waals surface area contributed by atoms with Crippen LogP contribution in [-0.2, 0) is 9.59 Å². The fraction of sp³-hybridized carbons (Fsp3) is 0.533. The number of likely N-dealkylation sites (tertiary alicyclic amines) is 2. The number of rotatable bonds is 2. The molecule has 2 aliphatic heterocycles. The lowest BCUT2D eigenvalue weighted by molar-refractivity contribution is -0.145. The third-order valence-electron chi connectivity index (χ3n) is 5.08. The topological polar surface area (TPSA) is 104 Å². The number of carbonyl (C=O) groups excluding carboxylic acids is 2. The number of aliphatic carboxylic acids is 1. The van der Waals surface area contributed by atoms with Gasteiger partial charge in [-0.3, -0.25) is 14.4 Å². The molecule has 1 unspecified atom stereocenters. The number of nitrogens with zero attached hydrogens (tertiary/aromatic N) is 4. The molecule has 23 heavy (non-hydrogen) atoms. The van der Waals surface area contributed by atoms with Crippen molar-refractivity contribution in [2.45, 2.75) is 24.8 Å². The Morgan fingerprint density at radius 3 is 2.61 bits per heavy atom. The summed E-state index contributed by atoms with van der Waals surface area (Å²) in [6.45, 7) is 0.799. The predicted molar refractivity (Wildman–Crippen MR) is 78.4 cm³/mol. The second-order valence-corrected chi connectivity index (χ2v) is 6.05. The molecule has 3 heterocycles. The summed E-state index contributed by atoms with van der Waals surface area (Å²) < 4.78 is 0. The number of carboxylic acids is 1. The standard InChI is InChI=1S/C15H18N4O4/c1-18-12(20)9-10(14(22)23)15(18)4-7-19(8-5-15)13(21)11-3-2-6-16-17-11/h2-3,6,10H,4-5,7-9H2,1H3,(H,22,23). The molecule has 0 saturated carbocycles. The van der Waals surface area contributed by atoms with E-state index in [0.29, 0.717) is 25.9 Å². The van der Waals surface area contributed by atoms with Gasteiger partial charge in [-0.25, -0.2) is 0 Å². The summed E-state index contributed by atoms with van der Waals surface area (Å²) in [5, 5.41) is 17.0. The molecule has 2 amide bonds. The lowest BCUT2D eigenvalue weighted by Crippen LogP contribution is -2.57. The molecule has 122 valence electrons. The number of carbonyl (C=O) groups is 3. The second-order valence-electron chi connectivity index (χ2n) is 6.05. The Labute approximate surface area is 133 Å². The number of carboxylic acid groups (broad SMARTS) is 1. The molecule has 1 spiro atoms. The summed E-state index contributed by atoms with van der Waals surface area (Å²) in [5.74, 6) is -2.02. The van der Waals surface area contributed by atoms with Crippen LogP contribution in [0.5, 0.6) is 0 Å². The Bertz CT molecular complexity index is 640. The van der Waals surface area contributed by atoms with Crippen molar-refractivity contribution < 1.29 is 19.5 Å². The fourth-order valence-corrected chi connectivity index (χ4v) is 3.66. The Morgan fingerprint density at radius 2 is 2.04 bits per heavy atom. The van der Waals surface area contributed by atoms with Gasteiger partial charge in [-0.05, 0) is 25.0 Å². The van der Waals surface area contributed by atoms with Crippen LogP contribution in [0.3, 0.4) is 0 Å². The number of hydrogen-bond acceptors (Lipinski definition) is 5. The summed E-state index contributed by atoms with van der Waals surface area (Å²) in [4.78, 5) is 39.1. The van der Waals surface area contributed by atoms with Gasteiger partial charge in [0.15, 0.2) is 5.69 Å². The van der Waals surface area contributed by atoms with Crippen LogP contribution in [0.1, 0.15) is 29.8 Å². The van der Waals surface area contributed by atoms with Crippen LogP contribution in [0, 0.1) is 5.92 Å². The van der Waals surface area contributed by atoms with Crippen molar-refractivity contribution in [1.29, 1.82) is 0 Å². The summed E-state index contributed by atoms with van der Waals surface area (Å²) in [6, 6.07) is 3.25. The second kappa shape index (κ2) is 5.60. The Morgan fingerprint density at radius 1 is 1.35 bits per heavy atom. The molecule has 1 N–H and O–H groups in total. The van der Waals surface area contributed by atoms with Crippen LogP contribution in [0.2, 0.25) is 0 Å². The highest BCUT2D eigenvalue weighted by Gasteiger charge is 2.55. The SMILES string of the molecule is CN1C(=O)CC(C(=O)O)C12CCN(C(=O)c1cccnn1)CC2. The highest BCUT2D eigenvalue weighted by atomic mass is 16.4. The first-order chi connectivity index (χ1) is 11.0. The maximum atomic E-state index is 12.4. The van der Waals surface area contributed by atoms with Gasteiger partial charge in [-0.2, -0.15) is 5.10 Å². The molecule has 0 aromatic carbocycles. The molecule has 2 saturated heterocycles. The minimum absolute atomic E-state index is 0.0317. The van der Waals surface area contributed by atoms with Crippen molar-refractivity contribution in [3.8, 4) is 0 Å². The van der Waals surface area contributed by atoms with Crippen LogP contribution in [0.25, 0.3) is 0 Å². The van der Waals surface area contributed by atoms with E-state index in [-0.39, 0.29) is 23.9 Å². The highest BCUT2D eigenvalue weighted by Crippen LogP contribution is 2.42. The van der Waals surface area contributed by atoms with Gasteiger partial charge in [0.05, 0.1) is 11.5 Å². The van der Waals surface area contributed by atoms with Gasteiger partial charge in [-0.15, -0.1) is 5.10 Å². The first-order valence-corrected chi connectivity index (χ1v) is 7.52. The molecule has 8 nitrogen and oxygen atoms in total. The first-order valence-electron chi connectivity index (χ1n) is 7.52. The smallest absolute Gasteiger partial charge is 0.309 e. The zero-order valence-corrected chi connectivity index (χ0v) is 12.8. The number of piperidine rings is 1. The van der Waals surface area contributed by atoms with E-state index in [1.165, 1.54) is 6.20 Å². The van der Waals surface area contributed by atoms with Crippen LogP contribution in [0.15, 0.2) is 18.3 Å². The Kier molecular flexibility index (Phi) is 3.75. The van der Waals surface area contributed by atoms with Gasteiger partial charge < -0.3 is 14.9 Å². The molecule has 8 heteroatoms. The number of aromatic nitrogens is 2. The number of hydrogen-bond donors (Lipinski definition) is 1. The summed E-state index contributed by atoms with van der Waals surface area (Å²) >= 11 is 0. The van der Waals surface area contributed by atoms with Crippen molar-refractivity contribution in [1.82, 2.24) is 20.0 Å².